The van der Waals surface area contributed by atoms with E-state index in [-0.39, 0.29) is 11.2 Å². The van der Waals surface area contributed by atoms with Crippen molar-refractivity contribution in [2.24, 2.45) is 18.2 Å². The van der Waals surface area contributed by atoms with Gasteiger partial charge in [-0.25, -0.2) is 0 Å². The fourth-order valence-corrected chi connectivity index (χ4v) is 3.11. The predicted octanol–water partition coefficient (Wildman–Crippen LogP) is 2.01. The Morgan fingerprint density at radius 1 is 1.50 bits per heavy atom. The average Bonchev–Trinajstić information content (AvgIpc) is 2.91. The molecule has 18 heavy (non-hydrogen) atoms. The summed E-state index contributed by atoms with van der Waals surface area (Å²) in [5, 5.41) is 4.80. The zero-order chi connectivity index (χ0) is 13.3. The largest absolute Gasteiger partial charge is 0.329 e. The average molecular weight is 270 g/mol. The van der Waals surface area contributed by atoms with Gasteiger partial charge in [0.05, 0.1) is 5.69 Å². The van der Waals surface area contributed by atoms with Crippen LogP contribution in [-0.2, 0) is 18.3 Å². The standard InChI is InChI=1S/C13H20ClN3O/c1-9-10(12(14)17(2)16-9)7-11(18)13(8-15)5-3-4-6-13/h3-8,15H2,1-2H3. The van der Waals surface area contributed by atoms with Crippen LogP contribution in [0.4, 0.5) is 0 Å². The van der Waals surface area contributed by atoms with Crippen LogP contribution in [0.5, 0.6) is 0 Å². The minimum Gasteiger partial charge on any atom is -0.329 e. The molecule has 0 spiro atoms. The van der Waals surface area contributed by atoms with Gasteiger partial charge in [0.25, 0.3) is 0 Å². The molecule has 0 saturated heterocycles. The number of aryl methyl sites for hydroxylation is 2. The van der Waals surface area contributed by atoms with E-state index in [0.717, 1.165) is 36.9 Å². The van der Waals surface area contributed by atoms with Crippen LogP contribution in [0.15, 0.2) is 0 Å². The van der Waals surface area contributed by atoms with Crippen LogP contribution in [0.2, 0.25) is 5.15 Å². The molecule has 1 aromatic heterocycles. The first-order chi connectivity index (χ1) is 8.50. The van der Waals surface area contributed by atoms with Crippen LogP contribution in [0.3, 0.4) is 0 Å². The van der Waals surface area contributed by atoms with E-state index >= 15 is 0 Å². The smallest absolute Gasteiger partial charge is 0.144 e. The third-order valence-corrected chi connectivity index (χ3v) is 4.62. The highest BCUT2D eigenvalue weighted by molar-refractivity contribution is 6.30. The molecule has 1 saturated carbocycles. The Bertz CT molecular complexity index is 461. The normalized spacial score (nSPS) is 18.2. The van der Waals surface area contributed by atoms with Gasteiger partial charge in [-0.15, -0.1) is 0 Å². The molecule has 0 aromatic carbocycles. The Kier molecular flexibility index (Phi) is 3.78. The number of halogens is 1. The van der Waals surface area contributed by atoms with Crippen LogP contribution >= 0.6 is 11.6 Å². The van der Waals surface area contributed by atoms with Crippen molar-refractivity contribution in [3.05, 3.63) is 16.4 Å². The van der Waals surface area contributed by atoms with Crippen LogP contribution in [0, 0.1) is 12.3 Å². The van der Waals surface area contributed by atoms with Gasteiger partial charge >= 0.3 is 0 Å². The minimum absolute atomic E-state index is 0.223. The number of carbonyl (C=O) groups excluding carboxylic acids is 1. The quantitative estimate of drug-likeness (QED) is 0.910. The molecular weight excluding hydrogens is 250 g/mol. The molecule has 2 rings (SSSR count). The molecule has 1 aliphatic carbocycles. The lowest BCUT2D eigenvalue weighted by Crippen LogP contribution is -2.37. The fraction of sp³-hybridized carbons (Fsp3) is 0.692. The summed E-state index contributed by atoms with van der Waals surface area (Å²) in [5.74, 6) is 0.223. The number of Topliss-reactive ketones (excluding diaryl/α,β-unsaturated/α-hetero) is 1. The molecule has 0 radical (unpaired) electrons. The summed E-state index contributed by atoms with van der Waals surface area (Å²) in [6, 6.07) is 0. The van der Waals surface area contributed by atoms with E-state index in [0.29, 0.717) is 18.1 Å². The van der Waals surface area contributed by atoms with Crippen molar-refractivity contribution >= 4 is 17.4 Å². The molecule has 2 N–H and O–H groups in total. The van der Waals surface area contributed by atoms with Crippen molar-refractivity contribution in [1.29, 1.82) is 0 Å². The maximum absolute atomic E-state index is 12.5. The SMILES string of the molecule is Cc1nn(C)c(Cl)c1CC(=O)C1(CN)CCCC1. The summed E-state index contributed by atoms with van der Waals surface area (Å²) in [6.45, 7) is 2.33. The number of nitrogens with zero attached hydrogens (tertiary/aromatic N) is 2. The summed E-state index contributed by atoms with van der Waals surface area (Å²) in [4.78, 5) is 12.5. The lowest BCUT2D eigenvalue weighted by Gasteiger charge is -2.25. The van der Waals surface area contributed by atoms with Crippen LogP contribution in [0.1, 0.15) is 36.9 Å². The number of ketones is 1. The number of carbonyl (C=O) groups is 1. The number of hydrogen-bond donors (Lipinski definition) is 1. The molecule has 1 heterocycles. The summed E-state index contributed by atoms with van der Waals surface area (Å²) in [5.41, 5.74) is 7.20. The van der Waals surface area contributed by atoms with E-state index in [1.54, 1.807) is 11.7 Å². The van der Waals surface area contributed by atoms with Crippen LogP contribution in [-0.4, -0.2) is 22.1 Å². The van der Waals surface area contributed by atoms with Gasteiger partial charge in [-0.05, 0) is 19.8 Å². The third-order valence-electron chi connectivity index (χ3n) is 4.15. The monoisotopic (exact) mass is 269 g/mol. The van der Waals surface area contributed by atoms with Gasteiger partial charge in [0, 0.05) is 31.0 Å². The van der Waals surface area contributed by atoms with Crippen LogP contribution < -0.4 is 5.73 Å². The highest BCUT2D eigenvalue weighted by Crippen LogP contribution is 2.39. The summed E-state index contributed by atoms with van der Waals surface area (Å²) in [6.07, 6.45) is 4.39. The van der Waals surface area contributed by atoms with E-state index in [1.165, 1.54) is 0 Å². The fourth-order valence-electron chi connectivity index (χ4n) is 2.87. The maximum atomic E-state index is 12.5. The Labute approximate surface area is 112 Å². The van der Waals surface area contributed by atoms with Crippen molar-refractivity contribution < 1.29 is 4.79 Å². The molecule has 1 fully saturated rings. The molecule has 5 heteroatoms. The first kappa shape index (κ1) is 13.6. The van der Waals surface area contributed by atoms with Gasteiger partial charge in [0.15, 0.2) is 0 Å². The molecule has 0 atom stereocenters. The summed E-state index contributed by atoms with van der Waals surface area (Å²) >= 11 is 6.17. The van der Waals surface area contributed by atoms with Gasteiger partial charge in [-0.3, -0.25) is 9.48 Å². The molecule has 100 valence electrons. The third kappa shape index (κ3) is 2.19. The Morgan fingerprint density at radius 2 is 2.11 bits per heavy atom. The van der Waals surface area contributed by atoms with Crippen molar-refractivity contribution in [3.63, 3.8) is 0 Å². The lowest BCUT2D eigenvalue weighted by atomic mass is 9.79. The van der Waals surface area contributed by atoms with E-state index in [1.807, 2.05) is 6.92 Å². The minimum atomic E-state index is -0.314. The van der Waals surface area contributed by atoms with Gasteiger partial charge < -0.3 is 5.73 Å². The molecule has 0 amide bonds. The van der Waals surface area contributed by atoms with E-state index < -0.39 is 0 Å². The number of hydrogen-bond acceptors (Lipinski definition) is 3. The highest BCUT2D eigenvalue weighted by atomic mass is 35.5. The van der Waals surface area contributed by atoms with Gasteiger partial charge in [-0.2, -0.15) is 5.10 Å². The summed E-state index contributed by atoms with van der Waals surface area (Å²) < 4.78 is 1.61. The van der Waals surface area contributed by atoms with E-state index in [4.69, 9.17) is 17.3 Å². The van der Waals surface area contributed by atoms with Crippen LogP contribution in [0.25, 0.3) is 0 Å². The lowest BCUT2D eigenvalue weighted by molar-refractivity contribution is -0.127. The van der Waals surface area contributed by atoms with Gasteiger partial charge in [0.1, 0.15) is 10.9 Å². The maximum Gasteiger partial charge on any atom is 0.144 e. The van der Waals surface area contributed by atoms with Gasteiger partial charge in [-0.1, -0.05) is 24.4 Å². The van der Waals surface area contributed by atoms with Crippen molar-refractivity contribution in [1.82, 2.24) is 9.78 Å². The number of rotatable bonds is 4. The van der Waals surface area contributed by atoms with Crippen molar-refractivity contribution in [2.45, 2.75) is 39.0 Å². The molecule has 1 aliphatic rings. The Balaban J connectivity index is 2.21. The van der Waals surface area contributed by atoms with E-state index in [9.17, 15) is 4.79 Å². The zero-order valence-corrected chi connectivity index (χ0v) is 11.8. The number of nitrogens with two attached hydrogens (primary N) is 1. The molecule has 4 nitrogen and oxygen atoms in total. The van der Waals surface area contributed by atoms with E-state index in [2.05, 4.69) is 5.10 Å². The number of aromatic nitrogens is 2. The molecule has 1 aromatic rings. The highest BCUT2D eigenvalue weighted by Gasteiger charge is 2.39. The molecule has 0 bridgehead atoms. The molecule has 0 aliphatic heterocycles. The topological polar surface area (TPSA) is 60.9 Å². The molecular formula is C13H20ClN3O. The Hall–Kier alpha value is -0.870. The first-order valence-electron chi connectivity index (χ1n) is 6.41. The zero-order valence-electron chi connectivity index (χ0n) is 11.0. The first-order valence-corrected chi connectivity index (χ1v) is 6.79. The van der Waals surface area contributed by atoms with Crippen molar-refractivity contribution in [3.8, 4) is 0 Å². The summed E-state index contributed by atoms with van der Waals surface area (Å²) in [7, 11) is 1.79. The van der Waals surface area contributed by atoms with Crippen molar-refractivity contribution in [2.75, 3.05) is 6.54 Å². The molecule has 0 unspecified atom stereocenters. The second kappa shape index (κ2) is 5.02. The second-order valence-corrected chi connectivity index (χ2v) is 5.63. The van der Waals surface area contributed by atoms with Gasteiger partial charge in [0.2, 0.25) is 0 Å². The second-order valence-electron chi connectivity index (χ2n) is 5.27. The predicted molar refractivity (Wildman–Crippen MR) is 71.6 cm³/mol. The Morgan fingerprint density at radius 3 is 2.56 bits per heavy atom.